The van der Waals surface area contributed by atoms with Crippen molar-refractivity contribution < 1.29 is 9.47 Å². The second-order valence-electron chi connectivity index (χ2n) is 7.71. The van der Waals surface area contributed by atoms with Crippen LogP contribution in [0, 0.1) is 0 Å². The highest BCUT2D eigenvalue weighted by Crippen LogP contribution is 2.34. The van der Waals surface area contributed by atoms with E-state index in [1.54, 1.807) is 0 Å². The molecule has 1 unspecified atom stereocenters. The van der Waals surface area contributed by atoms with Gasteiger partial charge in [0.05, 0.1) is 12.1 Å². The number of guanidine groups is 1. The monoisotopic (exact) mass is 359 g/mol. The molecule has 5 nitrogen and oxygen atoms in total. The Morgan fingerprint density at radius 3 is 2.50 bits per heavy atom. The maximum atomic E-state index is 5.87. The predicted octanol–water partition coefficient (Wildman–Crippen LogP) is 2.86. The van der Waals surface area contributed by atoms with Gasteiger partial charge in [-0.3, -0.25) is 4.99 Å². The highest BCUT2D eigenvalue weighted by atomic mass is 16.5. The predicted molar refractivity (Wildman–Crippen MR) is 106 cm³/mol. The van der Waals surface area contributed by atoms with E-state index < -0.39 is 0 Å². The molecule has 2 aliphatic rings. The Labute approximate surface area is 157 Å². The lowest BCUT2D eigenvalue weighted by atomic mass is 9.74. The Balaban J connectivity index is 1.69. The number of aliphatic imine (C=N–C) groups is 1. The van der Waals surface area contributed by atoms with Gasteiger partial charge in [0.15, 0.2) is 5.96 Å². The summed E-state index contributed by atoms with van der Waals surface area (Å²) in [6.45, 7) is 9.17. The molecule has 0 saturated carbocycles. The molecule has 0 aromatic heterocycles. The fourth-order valence-corrected chi connectivity index (χ4v) is 3.92. The molecule has 0 radical (unpaired) electrons. The van der Waals surface area contributed by atoms with Gasteiger partial charge in [-0.25, -0.2) is 0 Å². The fraction of sp³-hybridized carbons (Fsp3) is 0.667. The van der Waals surface area contributed by atoms with E-state index in [1.807, 2.05) is 0 Å². The van der Waals surface area contributed by atoms with Crippen LogP contribution in [0.3, 0.4) is 0 Å². The van der Waals surface area contributed by atoms with Crippen LogP contribution in [0.25, 0.3) is 0 Å². The number of nitrogens with zero attached hydrogens (tertiary/aromatic N) is 1. The Hall–Kier alpha value is -1.59. The van der Waals surface area contributed by atoms with E-state index in [0.29, 0.717) is 6.54 Å². The minimum absolute atomic E-state index is 0.101. The van der Waals surface area contributed by atoms with Crippen LogP contribution in [0.1, 0.15) is 45.1 Å². The van der Waals surface area contributed by atoms with Gasteiger partial charge in [-0.1, -0.05) is 30.3 Å². The Morgan fingerprint density at radius 1 is 1.08 bits per heavy atom. The standard InChI is InChI=1S/C21H33N3O2/c1-3-22-19(23-16-20(2)10-7-13-26-20)24-17-21(11-14-25-15-12-21)18-8-5-4-6-9-18/h4-6,8-9H,3,7,10-17H2,1-2H3,(H2,22,23,24). The largest absolute Gasteiger partial charge is 0.381 e. The van der Waals surface area contributed by atoms with Crippen molar-refractivity contribution >= 4 is 5.96 Å². The summed E-state index contributed by atoms with van der Waals surface area (Å²) in [7, 11) is 0. The summed E-state index contributed by atoms with van der Waals surface area (Å²) in [4.78, 5) is 4.81. The first-order chi connectivity index (χ1) is 12.7. The van der Waals surface area contributed by atoms with Gasteiger partial charge in [-0.05, 0) is 45.1 Å². The average molecular weight is 360 g/mol. The van der Waals surface area contributed by atoms with Crippen LogP contribution in [0.2, 0.25) is 0 Å². The van der Waals surface area contributed by atoms with E-state index in [2.05, 4.69) is 54.8 Å². The molecule has 1 atom stereocenters. The second-order valence-corrected chi connectivity index (χ2v) is 7.71. The molecule has 2 fully saturated rings. The van der Waals surface area contributed by atoms with Crippen molar-refractivity contribution in [2.45, 2.75) is 50.5 Å². The van der Waals surface area contributed by atoms with Crippen LogP contribution in [0.15, 0.2) is 35.3 Å². The zero-order valence-electron chi connectivity index (χ0n) is 16.2. The van der Waals surface area contributed by atoms with Gasteiger partial charge in [-0.15, -0.1) is 0 Å². The maximum absolute atomic E-state index is 5.87. The molecule has 1 aromatic rings. The first kappa shape index (κ1) is 19.2. The molecule has 2 aliphatic heterocycles. The van der Waals surface area contributed by atoms with E-state index >= 15 is 0 Å². The molecule has 1 aromatic carbocycles. The number of nitrogens with one attached hydrogen (secondary N) is 2. The van der Waals surface area contributed by atoms with E-state index in [9.17, 15) is 0 Å². The van der Waals surface area contributed by atoms with E-state index in [0.717, 1.165) is 64.6 Å². The number of hydrogen-bond acceptors (Lipinski definition) is 3. The normalized spacial score (nSPS) is 25.8. The molecular formula is C21H33N3O2. The van der Waals surface area contributed by atoms with Gasteiger partial charge in [0.2, 0.25) is 0 Å². The Bertz CT molecular complexity index is 576. The number of benzene rings is 1. The fourth-order valence-electron chi connectivity index (χ4n) is 3.92. The van der Waals surface area contributed by atoms with Crippen LogP contribution < -0.4 is 10.6 Å². The van der Waals surface area contributed by atoms with E-state index in [4.69, 9.17) is 14.5 Å². The van der Waals surface area contributed by atoms with Crippen molar-refractivity contribution in [2.24, 2.45) is 4.99 Å². The van der Waals surface area contributed by atoms with Crippen molar-refractivity contribution in [1.29, 1.82) is 0 Å². The van der Waals surface area contributed by atoms with Crippen molar-refractivity contribution in [3.05, 3.63) is 35.9 Å². The zero-order chi connectivity index (χ0) is 18.3. The van der Waals surface area contributed by atoms with Crippen LogP contribution in [0.5, 0.6) is 0 Å². The minimum Gasteiger partial charge on any atom is -0.381 e. The lowest BCUT2D eigenvalue weighted by molar-refractivity contribution is 0.0283. The van der Waals surface area contributed by atoms with Gasteiger partial charge in [0, 0.05) is 38.3 Å². The molecule has 0 spiro atoms. The molecule has 2 saturated heterocycles. The van der Waals surface area contributed by atoms with E-state index in [-0.39, 0.29) is 11.0 Å². The summed E-state index contributed by atoms with van der Waals surface area (Å²) >= 11 is 0. The zero-order valence-corrected chi connectivity index (χ0v) is 16.2. The van der Waals surface area contributed by atoms with Crippen LogP contribution in [-0.2, 0) is 14.9 Å². The summed E-state index contributed by atoms with van der Waals surface area (Å²) in [6, 6.07) is 10.8. The van der Waals surface area contributed by atoms with Gasteiger partial charge < -0.3 is 20.1 Å². The van der Waals surface area contributed by atoms with Crippen LogP contribution in [-0.4, -0.2) is 51.0 Å². The van der Waals surface area contributed by atoms with Gasteiger partial charge in [0.1, 0.15) is 0 Å². The molecule has 0 bridgehead atoms. The first-order valence-corrected chi connectivity index (χ1v) is 9.95. The summed E-state index contributed by atoms with van der Waals surface area (Å²) in [5, 5.41) is 6.98. The minimum atomic E-state index is -0.113. The number of ether oxygens (including phenoxy) is 2. The topological polar surface area (TPSA) is 54.9 Å². The highest BCUT2D eigenvalue weighted by Gasteiger charge is 2.35. The molecule has 5 heteroatoms. The summed E-state index contributed by atoms with van der Waals surface area (Å²) < 4.78 is 11.5. The SMILES string of the molecule is CCNC(=NCC1(C)CCCO1)NCC1(c2ccccc2)CCOCC1. The van der Waals surface area contributed by atoms with Gasteiger partial charge in [-0.2, -0.15) is 0 Å². The lowest BCUT2D eigenvalue weighted by Gasteiger charge is -2.38. The average Bonchev–Trinajstić information content (AvgIpc) is 3.12. The molecule has 3 rings (SSSR count). The van der Waals surface area contributed by atoms with E-state index in [1.165, 1.54) is 5.56 Å². The van der Waals surface area contributed by atoms with Crippen molar-refractivity contribution in [3.63, 3.8) is 0 Å². The van der Waals surface area contributed by atoms with Gasteiger partial charge in [0.25, 0.3) is 0 Å². The molecule has 2 heterocycles. The quantitative estimate of drug-likeness (QED) is 0.606. The number of rotatable bonds is 6. The number of hydrogen-bond donors (Lipinski definition) is 2. The van der Waals surface area contributed by atoms with Crippen molar-refractivity contribution in [2.75, 3.05) is 39.5 Å². The van der Waals surface area contributed by atoms with Crippen LogP contribution >= 0.6 is 0 Å². The molecule has 144 valence electrons. The first-order valence-electron chi connectivity index (χ1n) is 9.95. The molecule has 2 N–H and O–H groups in total. The summed E-state index contributed by atoms with van der Waals surface area (Å²) in [5.74, 6) is 0.881. The molecule has 0 amide bonds. The molecular weight excluding hydrogens is 326 g/mol. The molecule has 26 heavy (non-hydrogen) atoms. The Morgan fingerprint density at radius 2 is 1.85 bits per heavy atom. The summed E-state index contributed by atoms with van der Waals surface area (Å²) in [6.07, 6.45) is 4.28. The highest BCUT2D eigenvalue weighted by molar-refractivity contribution is 5.80. The van der Waals surface area contributed by atoms with Crippen molar-refractivity contribution in [3.8, 4) is 0 Å². The van der Waals surface area contributed by atoms with Crippen LogP contribution in [0.4, 0.5) is 0 Å². The second kappa shape index (κ2) is 8.87. The Kier molecular flexibility index (Phi) is 6.54. The molecule has 0 aliphatic carbocycles. The van der Waals surface area contributed by atoms with Crippen molar-refractivity contribution in [1.82, 2.24) is 10.6 Å². The summed E-state index contributed by atoms with van der Waals surface area (Å²) in [5.41, 5.74) is 1.37. The third-order valence-electron chi connectivity index (χ3n) is 5.65. The van der Waals surface area contributed by atoms with Gasteiger partial charge >= 0.3 is 0 Å². The lowest BCUT2D eigenvalue weighted by Crippen LogP contribution is -2.48. The maximum Gasteiger partial charge on any atom is 0.191 e. The third kappa shape index (κ3) is 4.77. The smallest absolute Gasteiger partial charge is 0.191 e. The third-order valence-corrected chi connectivity index (χ3v) is 5.65.